The van der Waals surface area contributed by atoms with E-state index in [2.05, 4.69) is 4.90 Å². The van der Waals surface area contributed by atoms with E-state index in [1.165, 1.54) is 0 Å². The van der Waals surface area contributed by atoms with E-state index in [1.807, 2.05) is 18.2 Å². The molecule has 0 aliphatic carbocycles. The van der Waals surface area contributed by atoms with Gasteiger partial charge >= 0.3 is 0 Å². The third-order valence-electron chi connectivity index (χ3n) is 3.30. The molecule has 0 bridgehead atoms. The van der Waals surface area contributed by atoms with E-state index >= 15 is 0 Å². The number of piperazine rings is 1. The van der Waals surface area contributed by atoms with Gasteiger partial charge in [-0.1, -0.05) is 6.07 Å². The lowest BCUT2D eigenvalue weighted by molar-refractivity contribution is 0.170. The third kappa shape index (κ3) is 1.98. The summed E-state index contributed by atoms with van der Waals surface area (Å²) in [7, 11) is 0. The zero-order valence-electron chi connectivity index (χ0n) is 10.2. The van der Waals surface area contributed by atoms with Crippen molar-refractivity contribution < 1.29 is 9.47 Å². The van der Waals surface area contributed by atoms with Crippen molar-refractivity contribution in [2.24, 2.45) is 11.6 Å². The van der Waals surface area contributed by atoms with Crippen molar-refractivity contribution in [3.8, 4) is 11.5 Å². The first-order valence-corrected chi connectivity index (χ1v) is 6.16. The zero-order chi connectivity index (χ0) is 12.5. The van der Waals surface area contributed by atoms with E-state index in [0.29, 0.717) is 19.8 Å². The molecule has 3 rings (SSSR count). The Kier molecular flexibility index (Phi) is 2.99. The largest absolute Gasteiger partial charge is 0.486 e. The second-order valence-corrected chi connectivity index (χ2v) is 4.56. The molecule has 1 aromatic rings. The Balaban J connectivity index is 1.92. The molecule has 98 valence electrons. The van der Waals surface area contributed by atoms with Crippen molar-refractivity contribution in [2.45, 2.75) is 6.17 Å². The van der Waals surface area contributed by atoms with E-state index in [1.54, 1.807) is 5.01 Å². The van der Waals surface area contributed by atoms with E-state index in [-0.39, 0.29) is 6.17 Å². The van der Waals surface area contributed by atoms with Crippen LogP contribution in [-0.2, 0) is 0 Å². The standard InChI is InChI=1S/C12H18N4O2/c13-11-8-15(14)4-5-16(11)9-2-1-3-10-12(9)18-7-6-17-10/h1-3,11H,4-8,13-14H2. The average Bonchev–Trinajstić information content (AvgIpc) is 2.38. The number of para-hydroxylation sites is 1. The van der Waals surface area contributed by atoms with Gasteiger partial charge in [0.1, 0.15) is 13.2 Å². The lowest BCUT2D eigenvalue weighted by atomic mass is 10.2. The van der Waals surface area contributed by atoms with Gasteiger partial charge in [-0.15, -0.1) is 0 Å². The summed E-state index contributed by atoms with van der Waals surface area (Å²) in [4.78, 5) is 2.12. The highest BCUT2D eigenvalue weighted by atomic mass is 16.6. The first-order valence-electron chi connectivity index (χ1n) is 6.16. The number of ether oxygens (including phenoxy) is 2. The summed E-state index contributed by atoms with van der Waals surface area (Å²) >= 11 is 0. The van der Waals surface area contributed by atoms with Crippen LogP contribution in [-0.4, -0.2) is 44.0 Å². The van der Waals surface area contributed by atoms with Crippen molar-refractivity contribution in [2.75, 3.05) is 37.7 Å². The van der Waals surface area contributed by atoms with Gasteiger partial charge in [-0.25, -0.2) is 5.01 Å². The summed E-state index contributed by atoms with van der Waals surface area (Å²) in [6.07, 6.45) is -0.124. The Bertz CT molecular complexity index is 440. The number of nitrogens with zero attached hydrogens (tertiary/aromatic N) is 2. The van der Waals surface area contributed by atoms with Gasteiger partial charge in [0.2, 0.25) is 0 Å². The Hall–Kier alpha value is -1.50. The molecule has 2 heterocycles. The maximum atomic E-state index is 6.14. The molecule has 1 saturated heterocycles. The number of nitrogens with two attached hydrogens (primary N) is 2. The molecule has 0 spiro atoms. The van der Waals surface area contributed by atoms with Crippen molar-refractivity contribution in [3.05, 3.63) is 18.2 Å². The van der Waals surface area contributed by atoms with Crippen molar-refractivity contribution in [3.63, 3.8) is 0 Å². The van der Waals surface area contributed by atoms with Crippen LogP contribution in [0.2, 0.25) is 0 Å². The SMILES string of the molecule is NC1CN(N)CCN1c1cccc2c1OCCO2. The van der Waals surface area contributed by atoms with E-state index in [9.17, 15) is 0 Å². The molecule has 2 aliphatic heterocycles. The molecule has 18 heavy (non-hydrogen) atoms. The fourth-order valence-corrected chi connectivity index (χ4v) is 2.42. The maximum absolute atomic E-state index is 6.14. The fraction of sp³-hybridized carbons (Fsp3) is 0.500. The number of anilines is 1. The van der Waals surface area contributed by atoms with Crippen LogP contribution in [0.25, 0.3) is 0 Å². The number of benzene rings is 1. The summed E-state index contributed by atoms with van der Waals surface area (Å²) < 4.78 is 11.3. The second kappa shape index (κ2) is 4.64. The van der Waals surface area contributed by atoms with Crippen LogP contribution >= 0.6 is 0 Å². The van der Waals surface area contributed by atoms with Crippen LogP contribution < -0.4 is 25.9 Å². The van der Waals surface area contributed by atoms with Gasteiger partial charge in [-0.2, -0.15) is 0 Å². The van der Waals surface area contributed by atoms with Gasteiger partial charge < -0.3 is 20.1 Å². The molecule has 1 atom stereocenters. The predicted octanol–water partition coefficient (Wildman–Crippen LogP) is -0.262. The highest BCUT2D eigenvalue weighted by Crippen LogP contribution is 2.40. The third-order valence-corrected chi connectivity index (χ3v) is 3.30. The average molecular weight is 250 g/mol. The van der Waals surface area contributed by atoms with Crippen LogP contribution in [0.4, 0.5) is 5.69 Å². The lowest BCUT2D eigenvalue weighted by Gasteiger charge is -2.40. The van der Waals surface area contributed by atoms with E-state index < -0.39 is 0 Å². The summed E-state index contributed by atoms with van der Waals surface area (Å²) in [6.45, 7) is 3.40. The fourth-order valence-electron chi connectivity index (χ4n) is 2.42. The first-order chi connectivity index (χ1) is 8.75. The van der Waals surface area contributed by atoms with Gasteiger partial charge in [0.15, 0.2) is 11.5 Å². The smallest absolute Gasteiger partial charge is 0.184 e. The predicted molar refractivity (Wildman–Crippen MR) is 68.5 cm³/mol. The molecule has 0 saturated carbocycles. The van der Waals surface area contributed by atoms with Gasteiger partial charge in [0.05, 0.1) is 11.9 Å². The van der Waals surface area contributed by atoms with Crippen molar-refractivity contribution >= 4 is 5.69 Å². The molecule has 0 amide bonds. The molecule has 1 aromatic carbocycles. The van der Waals surface area contributed by atoms with E-state index in [4.69, 9.17) is 21.1 Å². The van der Waals surface area contributed by atoms with E-state index in [0.717, 1.165) is 30.3 Å². The Morgan fingerprint density at radius 1 is 1.17 bits per heavy atom. The number of hydrogen-bond donors (Lipinski definition) is 2. The molecular weight excluding hydrogens is 232 g/mol. The minimum absolute atomic E-state index is 0.124. The highest BCUT2D eigenvalue weighted by molar-refractivity contribution is 5.65. The number of fused-ring (bicyclic) bond motifs is 1. The molecule has 4 N–H and O–H groups in total. The Morgan fingerprint density at radius 2 is 2.00 bits per heavy atom. The Labute approximate surface area is 106 Å². The molecular formula is C12H18N4O2. The quantitative estimate of drug-likeness (QED) is 0.669. The first kappa shape index (κ1) is 11.6. The van der Waals surface area contributed by atoms with Gasteiger partial charge in [-0.05, 0) is 12.1 Å². The molecule has 1 unspecified atom stereocenters. The summed E-state index contributed by atoms with van der Waals surface area (Å²) in [5, 5.41) is 1.74. The maximum Gasteiger partial charge on any atom is 0.184 e. The molecule has 1 fully saturated rings. The summed E-state index contributed by atoms with van der Waals surface area (Å²) in [5.74, 6) is 7.36. The van der Waals surface area contributed by atoms with Gasteiger partial charge in [0.25, 0.3) is 0 Å². The van der Waals surface area contributed by atoms with Crippen LogP contribution in [0, 0.1) is 0 Å². The van der Waals surface area contributed by atoms with Crippen LogP contribution in [0.1, 0.15) is 0 Å². The molecule has 6 heteroatoms. The lowest BCUT2D eigenvalue weighted by Crippen LogP contribution is -2.59. The molecule has 6 nitrogen and oxygen atoms in total. The van der Waals surface area contributed by atoms with Crippen molar-refractivity contribution in [1.82, 2.24) is 5.01 Å². The molecule has 0 radical (unpaired) electrons. The van der Waals surface area contributed by atoms with Crippen LogP contribution in [0.3, 0.4) is 0 Å². The minimum Gasteiger partial charge on any atom is -0.486 e. The van der Waals surface area contributed by atoms with Crippen LogP contribution in [0.15, 0.2) is 18.2 Å². The number of hydrazine groups is 1. The van der Waals surface area contributed by atoms with Crippen molar-refractivity contribution in [1.29, 1.82) is 0 Å². The topological polar surface area (TPSA) is 77.0 Å². The second-order valence-electron chi connectivity index (χ2n) is 4.56. The minimum atomic E-state index is -0.124. The zero-order valence-corrected chi connectivity index (χ0v) is 10.2. The monoisotopic (exact) mass is 250 g/mol. The number of hydrogen-bond acceptors (Lipinski definition) is 6. The Morgan fingerprint density at radius 3 is 2.83 bits per heavy atom. The normalized spacial score (nSPS) is 24.1. The summed E-state index contributed by atoms with van der Waals surface area (Å²) in [5.41, 5.74) is 7.14. The number of rotatable bonds is 1. The van der Waals surface area contributed by atoms with Gasteiger partial charge in [-0.3, -0.25) is 5.84 Å². The van der Waals surface area contributed by atoms with Gasteiger partial charge in [0, 0.05) is 19.6 Å². The highest BCUT2D eigenvalue weighted by Gasteiger charge is 2.27. The summed E-state index contributed by atoms with van der Waals surface area (Å²) in [6, 6.07) is 5.90. The van der Waals surface area contributed by atoms with Crippen LogP contribution in [0.5, 0.6) is 11.5 Å². The molecule has 0 aromatic heterocycles. The molecule has 2 aliphatic rings.